The van der Waals surface area contributed by atoms with Gasteiger partial charge in [-0.1, -0.05) is 60.2 Å². The van der Waals surface area contributed by atoms with E-state index >= 15 is 0 Å². The van der Waals surface area contributed by atoms with Gasteiger partial charge in [-0.15, -0.1) is 0 Å². The second-order valence-electron chi connectivity index (χ2n) is 4.59. The SMILES string of the molecule is Cc1ccc(C(=O)CC(C#N)c2ccccc2)cc1. The highest BCUT2D eigenvalue weighted by molar-refractivity contribution is 5.96. The molecule has 0 saturated heterocycles. The van der Waals surface area contributed by atoms with E-state index in [4.69, 9.17) is 0 Å². The van der Waals surface area contributed by atoms with Crippen LogP contribution >= 0.6 is 0 Å². The molecule has 1 atom stereocenters. The van der Waals surface area contributed by atoms with Gasteiger partial charge in [0.1, 0.15) is 0 Å². The molecule has 0 aliphatic rings. The van der Waals surface area contributed by atoms with Gasteiger partial charge < -0.3 is 0 Å². The summed E-state index contributed by atoms with van der Waals surface area (Å²) in [5.41, 5.74) is 2.68. The number of nitriles is 1. The summed E-state index contributed by atoms with van der Waals surface area (Å²) in [6, 6.07) is 19.1. The van der Waals surface area contributed by atoms with Crippen molar-refractivity contribution in [3.63, 3.8) is 0 Å². The van der Waals surface area contributed by atoms with E-state index in [9.17, 15) is 10.1 Å². The molecule has 0 aliphatic carbocycles. The number of hydrogen-bond acceptors (Lipinski definition) is 2. The summed E-state index contributed by atoms with van der Waals surface area (Å²) in [5, 5.41) is 9.22. The highest BCUT2D eigenvalue weighted by atomic mass is 16.1. The number of carbonyl (C=O) groups excluding carboxylic acids is 1. The van der Waals surface area contributed by atoms with Gasteiger partial charge in [0, 0.05) is 12.0 Å². The molecule has 0 bridgehead atoms. The lowest BCUT2D eigenvalue weighted by Gasteiger charge is -2.08. The molecule has 2 rings (SSSR count). The molecule has 2 nitrogen and oxygen atoms in total. The largest absolute Gasteiger partial charge is 0.294 e. The zero-order valence-electron chi connectivity index (χ0n) is 10.8. The van der Waals surface area contributed by atoms with Crippen molar-refractivity contribution < 1.29 is 4.79 Å². The molecule has 1 unspecified atom stereocenters. The number of Topliss-reactive ketones (excluding diaryl/α,β-unsaturated/α-hetero) is 1. The fraction of sp³-hybridized carbons (Fsp3) is 0.176. The average molecular weight is 249 g/mol. The third-order valence-corrected chi connectivity index (χ3v) is 3.12. The van der Waals surface area contributed by atoms with E-state index in [1.165, 1.54) is 0 Å². The van der Waals surface area contributed by atoms with Crippen molar-refractivity contribution in [2.24, 2.45) is 0 Å². The first kappa shape index (κ1) is 13.0. The smallest absolute Gasteiger partial charge is 0.164 e. The van der Waals surface area contributed by atoms with E-state index in [-0.39, 0.29) is 18.1 Å². The van der Waals surface area contributed by atoms with Crippen LogP contribution in [0.25, 0.3) is 0 Å². The zero-order valence-corrected chi connectivity index (χ0v) is 10.8. The summed E-state index contributed by atoms with van der Waals surface area (Å²) in [6.07, 6.45) is 0.226. The average Bonchev–Trinajstić information content (AvgIpc) is 2.46. The highest BCUT2D eigenvalue weighted by Gasteiger charge is 2.16. The molecule has 2 heteroatoms. The van der Waals surface area contributed by atoms with E-state index in [0.717, 1.165) is 11.1 Å². The van der Waals surface area contributed by atoms with Crippen LogP contribution in [-0.2, 0) is 0 Å². The molecule has 0 saturated carbocycles. The van der Waals surface area contributed by atoms with Crippen LogP contribution in [0.15, 0.2) is 54.6 Å². The second-order valence-corrected chi connectivity index (χ2v) is 4.59. The molecule has 0 aromatic heterocycles. The lowest BCUT2D eigenvalue weighted by atomic mass is 9.92. The minimum Gasteiger partial charge on any atom is -0.294 e. The minimum absolute atomic E-state index is 0.00963. The maximum absolute atomic E-state index is 12.1. The molecule has 2 aromatic carbocycles. The van der Waals surface area contributed by atoms with E-state index in [1.54, 1.807) is 0 Å². The van der Waals surface area contributed by atoms with E-state index in [2.05, 4.69) is 6.07 Å². The Morgan fingerprint density at radius 1 is 1.11 bits per heavy atom. The van der Waals surface area contributed by atoms with Crippen LogP contribution in [0.3, 0.4) is 0 Å². The quantitative estimate of drug-likeness (QED) is 0.772. The van der Waals surface area contributed by atoms with Crippen LogP contribution in [0.2, 0.25) is 0 Å². The molecule has 0 N–H and O–H groups in total. The minimum atomic E-state index is -0.380. The van der Waals surface area contributed by atoms with Crippen molar-refractivity contribution in [1.82, 2.24) is 0 Å². The summed E-state index contributed by atoms with van der Waals surface area (Å²) >= 11 is 0. The van der Waals surface area contributed by atoms with Crippen molar-refractivity contribution in [3.8, 4) is 6.07 Å². The van der Waals surface area contributed by atoms with Gasteiger partial charge in [-0.2, -0.15) is 5.26 Å². The van der Waals surface area contributed by atoms with Gasteiger partial charge in [0.05, 0.1) is 12.0 Å². The zero-order chi connectivity index (χ0) is 13.7. The summed E-state index contributed by atoms with van der Waals surface area (Å²) < 4.78 is 0. The summed E-state index contributed by atoms with van der Waals surface area (Å²) in [5.74, 6) is -0.370. The number of nitrogens with zero attached hydrogens (tertiary/aromatic N) is 1. The number of benzene rings is 2. The molecule has 2 aromatic rings. The Morgan fingerprint density at radius 3 is 2.32 bits per heavy atom. The Morgan fingerprint density at radius 2 is 1.74 bits per heavy atom. The van der Waals surface area contributed by atoms with Crippen LogP contribution < -0.4 is 0 Å². The van der Waals surface area contributed by atoms with Crippen LogP contribution in [0, 0.1) is 18.3 Å². The first-order chi connectivity index (χ1) is 9.20. The summed E-state index contributed by atoms with van der Waals surface area (Å²) in [6.45, 7) is 1.98. The molecule has 19 heavy (non-hydrogen) atoms. The van der Waals surface area contributed by atoms with Crippen molar-refractivity contribution in [3.05, 3.63) is 71.3 Å². The van der Waals surface area contributed by atoms with Crippen LogP contribution in [0.1, 0.15) is 33.8 Å². The molecule has 0 amide bonds. The molecule has 0 radical (unpaired) electrons. The summed E-state index contributed by atoms with van der Waals surface area (Å²) in [7, 11) is 0. The van der Waals surface area contributed by atoms with Gasteiger partial charge in [0.2, 0.25) is 0 Å². The van der Waals surface area contributed by atoms with Crippen LogP contribution in [0.5, 0.6) is 0 Å². The van der Waals surface area contributed by atoms with Crippen LogP contribution in [-0.4, -0.2) is 5.78 Å². The predicted molar refractivity (Wildman–Crippen MR) is 74.9 cm³/mol. The maximum atomic E-state index is 12.1. The Balaban J connectivity index is 2.13. The number of rotatable bonds is 4. The van der Waals surface area contributed by atoms with Gasteiger partial charge in [0.25, 0.3) is 0 Å². The van der Waals surface area contributed by atoms with Crippen molar-refractivity contribution in [2.75, 3.05) is 0 Å². The Kier molecular flexibility index (Phi) is 4.10. The van der Waals surface area contributed by atoms with E-state index in [1.807, 2.05) is 61.5 Å². The fourth-order valence-electron chi connectivity index (χ4n) is 1.97. The van der Waals surface area contributed by atoms with Gasteiger partial charge >= 0.3 is 0 Å². The lowest BCUT2D eigenvalue weighted by Crippen LogP contribution is -2.06. The topological polar surface area (TPSA) is 40.9 Å². The standard InChI is InChI=1S/C17H15NO/c1-13-7-9-15(10-8-13)17(19)11-16(12-18)14-5-3-2-4-6-14/h2-10,16H,11H2,1H3. The van der Waals surface area contributed by atoms with E-state index < -0.39 is 0 Å². The lowest BCUT2D eigenvalue weighted by molar-refractivity contribution is 0.0979. The first-order valence-corrected chi connectivity index (χ1v) is 6.25. The fourth-order valence-corrected chi connectivity index (χ4v) is 1.97. The second kappa shape index (κ2) is 5.97. The Hall–Kier alpha value is -2.40. The molecular weight excluding hydrogens is 234 g/mol. The van der Waals surface area contributed by atoms with E-state index in [0.29, 0.717) is 5.56 Å². The van der Waals surface area contributed by atoms with Gasteiger partial charge in [-0.05, 0) is 12.5 Å². The third-order valence-electron chi connectivity index (χ3n) is 3.12. The van der Waals surface area contributed by atoms with Gasteiger partial charge in [0.15, 0.2) is 5.78 Å². The Labute approximate surface area is 113 Å². The third kappa shape index (κ3) is 3.29. The normalized spacial score (nSPS) is 11.6. The molecule has 94 valence electrons. The first-order valence-electron chi connectivity index (χ1n) is 6.25. The number of aryl methyl sites for hydroxylation is 1. The van der Waals surface area contributed by atoms with Gasteiger partial charge in [-0.3, -0.25) is 4.79 Å². The molecule has 0 fully saturated rings. The maximum Gasteiger partial charge on any atom is 0.164 e. The summed E-state index contributed by atoms with van der Waals surface area (Å²) in [4.78, 5) is 12.1. The van der Waals surface area contributed by atoms with Crippen LogP contribution in [0.4, 0.5) is 0 Å². The number of carbonyl (C=O) groups is 1. The molecule has 0 heterocycles. The Bertz CT molecular complexity index is 593. The van der Waals surface area contributed by atoms with Crippen molar-refractivity contribution >= 4 is 5.78 Å². The van der Waals surface area contributed by atoms with Crippen molar-refractivity contribution in [1.29, 1.82) is 5.26 Å². The molecule has 0 aliphatic heterocycles. The van der Waals surface area contributed by atoms with Gasteiger partial charge in [-0.25, -0.2) is 0 Å². The monoisotopic (exact) mass is 249 g/mol. The molecule has 0 spiro atoms. The van der Waals surface area contributed by atoms with Crippen molar-refractivity contribution in [2.45, 2.75) is 19.3 Å². The molecular formula is C17H15NO. The number of ketones is 1. The number of hydrogen-bond donors (Lipinski definition) is 0. The highest BCUT2D eigenvalue weighted by Crippen LogP contribution is 2.21. The predicted octanol–water partition coefficient (Wildman–Crippen LogP) is 3.88.